The molecule has 76 valence electrons. The van der Waals surface area contributed by atoms with Crippen molar-refractivity contribution in [3.05, 3.63) is 0 Å². The largest absolute Gasteiger partial charge is 0.481 e. The Labute approximate surface area is 79.9 Å². The quantitative estimate of drug-likeness (QED) is 0.578. The fourth-order valence-corrected chi connectivity index (χ4v) is 1.55. The summed E-state index contributed by atoms with van der Waals surface area (Å²) in [4.78, 5) is 16.4. The lowest BCUT2D eigenvalue weighted by Crippen LogP contribution is -2.23. The Morgan fingerprint density at radius 3 is 3.00 bits per heavy atom. The van der Waals surface area contributed by atoms with Crippen LogP contribution >= 0.6 is 0 Å². The molecule has 7 heteroatoms. The van der Waals surface area contributed by atoms with Crippen molar-refractivity contribution in [2.45, 2.75) is 6.42 Å². The van der Waals surface area contributed by atoms with Crippen LogP contribution in [-0.2, 0) is 4.79 Å². The van der Waals surface area contributed by atoms with E-state index in [9.17, 15) is 4.79 Å². The SMILES string of the molecule is Nc1nc(N2CCC(C(=O)O)C2)n[nH]1. The van der Waals surface area contributed by atoms with E-state index in [1.54, 1.807) is 0 Å². The number of carbonyl (C=O) groups is 1. The first-order valence-electron chi connectivity index (χ1n) is 4.32. The maximum Gasteiger partial charge on any atom is 0.308 e. The molecular weight excluding hydrogens is 186 g/mol. The number of nitrogens with two attached hydrogens (primary N) is 1. The van der Waals surface area contributed by atoms with Crippen molar-refractivity contribution < 1.29 is 9.90 Å². The van der Waals surface area contributed by atoms with Crippen LogP contribution in [0.4, 0.5) is 11.9 Å². The number of nitrogen functional groups attached to an aromatic ring is 1. The standard InChI is InChI=1S/C7H11N5O2/c8-6-9-7(11-10-6)12-2-1-4(3-12)5(13)14/h4H,1-3H2,(H,13,14)(H3,8,9,10,11). The Morgan fingerprint density at radius 2 is 2.50 bits per heavy atom. The highest BCUT2D eigenvalue weighted by atomic mass is 16.4. The molecule has 1 atom stereocenters. The minimum absolute atomic E-state index is 0.249. The first-order chi connectivity index (χ1) is 6.66. The van der Waals surface area contributed by atoms with Gasteiger partial charge in [-0.15, -0.1) is 5.10 Å². The molecule has 0 amide bonds. The number of rotatable bonds is 2. The van der Waals surface area contributed by atoms with E-state index in [1.165, 1.54) is 0 Å². The molecule has 1 fully saturated rings. The van der Waals surface area contributed by atoms with Gasteiger partial charge in [-0.25, -0.2) is 5.10 Å². The van der Waals surface area contributed by atoms with Gasteiger partial charge in [-0.05, 0) is 6.42 Å². The fourth-order valence-electron chi connectivity index (χ4n) is 1.55. The van der Waals surface area contributed by atoms with Gasteiger partial charge in [-0.3, -0.25) is 4.79 Å². The van der Waals surface area contributed by atoms with E-state index in [1.807, 2.05) is 4.90 Å². The molecule has 1 unspecified atom stereocenters. The van der Waals surface area contributed by atoms with Crippen LogP contribution in [0, 0.1) is 5.92 Å². The van der Waals surface area contributed by atoms with Crippen LogP contribution in [0.5, 0.6) is 0 Å². The van der Waals surface area contributed by atoms with Gasteiger partial charge in [0.15, 0.2) is 0 Å². The summed E-state index contributed by atoms with van der Waals surface area (Å²) in [5, 5.41) is 15.2. The lowest BCUT2D eigenvalue weighted by molar-refractivity contribution is -0.140. The minimum atomic E-state index is -0.768. The van der Waals surface area contributed by atoms with Crippen LogP contribution in [0.25, 0.3) is 0 Å². The van der Waals surface area contributed by atoms with Gasteiger partial charge in [0.25, 0.3) is 0 Å². The molecule has 1 aromatic rings. The third kappa shape index (κ3) is 1.48. The van der Waals surface area contributed by atoms with E-state index in [4.69, 9.17) is 10.8 Å². The number of nitrogens with zero attached hydrogens (tertiary/aromatic N) is 3. The third-order valence-electron chi connectivity index (χ3n) is 2.31. The molecule has 1 saturated heterocycles. The maximum absolute atomic E-state index is 10.7. The monoisotopic (exact) mass is 197 g/mol. The number of hydrogen-bond donors (Lipinski definition) is 3. The van der Waals surface area contributed by atoms with Crippen LogP contribution in [-0.4, -0.2) is 39.3 Å². The Kier molecular flexibility index (Phi) is 1.99. The summed E-state index contributed by atoms with van der Waals surface area (Å²) in [6.45, 7) is 1.11. The summed E-state index contributed by atoms with van der Waals surface area (Å²) in [6.07, 6.45) is 0.629. The number of aromatic amines is 1. The number of aromatic nitrogens is 3. The van der Waals surface area contributed by atoms with E-state index in [2.05, 4.69) is 15.2 Å². The van der Waals surface area contributed by atoms with E-state index in [-0.39, 0.29) is 11.9 Å². The second-order valence-electron chi connectivity index (χ2n) is 3.29. The fraction of sp³-hybridized carbons (Fsp3) is 0.571. The van der Waals surface area contributed by atoms with E-state index in [0.29, 0.717) is 25.5 Å². The molecule has 0 radical (unpaired) electrons. The lowest BCUT2D eigenvalue weighted by Gasteiger charge is -2.11. The molecule has 0 saturated carbocycles. The number of nitrogens with one attached hydrogen (secondary N) is 1. The van der Waals surface area contributed by atoms with Crippen molar-refractivity contribution in [3.63, 3.8) is 0 Å². The molecule has 2 rings (SSSR count). The molecule has 0 spiro atoms. The molecule has 0 aromatic carbocycles. The predicted octanol–water partition coefficient (Wildman–Crippen LogP) is -0.702. The van der Waals surface area contributed by atoms with Crippen LogP contribution in [0.15, 0.2) is 0 Å². The number of carboxylic acid groups (broad SMARTS) is 1. The molecule has 14 heavy (non-hydrogen) atoms. The Hall–Kier alpha value is -1.79. The second-order valence-corrected chi connectivity index (χ2v) is 3.29. The molecule has 1 aliphatic rings. The highest BCUT2D eigenvalue weighted by Crippen LogP contribution is 2.20. The summed E-state index contributed by atoms with van der Waals surface area (Å²) in [6, 6.07) is 0. The lowest BCUT2D eigenvalue weighted by atomic mass is 10.1. The van der Waals surface area contributed by atoms with Crippen LogP contribution in [0.3, 0.4) is 0 Å². The average Bonchev–Trinajstić information content (AvgIpc) is 2.70. The summed E-state index contributed by atoms with van der Waals surface area (Å²) >= 11 is 0. The van der Waals surface area contributed by atoms with Gasteiger partial charge in [0.1, 0.15) is 0 Å². The highest BCUT2D eigenvalue weighted by Gasteiger charge is 2.29. The smallest absolute Gasteiger partial charge is 0.308 e. The Bertz CT molecular complexity index is 350. The topological polar surface area (TPSA) is 108 Å². The molecular formula is C7H11N5O2. The first-order valence-corrected chi connectivity index (χ1v) is 4.32. The van der Waals surface area contributed by atoms with Gasteiger partial charge < -0.3 is 15.7 Å². The summed E-state index contributed by atoms with van der Waals surface area (Å²) in [5.41, 5.74) is 5.37. The molecule has 0 aliphatic carbocycles. The maximum atomic E-state index is 10.7. The average molecular weight is 197 g/mol. The first kappa shape index (κ1) is 8.79. The number of carboxylic acids is 1. The summed E-state index contributed by atoms with van der Waals surface area (Å²) in [5.74, 6) is -0.365. The van der Waals surface area contributed by atoms with Crippen molar-refractivity contribution in [1.29, 1.82) is 0 Å². The zero-order valence-electron chi connectivity index (χ0n) is 7.47. The number of H-pyrrole nitrogens is 1. The highest BCUT2D eigenvalue weighted by molar-refractivity contribution is 5.71. The predicted molar refractivity (Wildman–Crippen MR) is 48.8 cm³/mol. The number of aliphatic carboxylic acids is 1. The van der Waals surface area contributed by atoms with E-state index in [0.717, 1.165) is 0 Å². The van der Waals surface area contributed by atoms with Crippen molar-refractivity contribution in [2.75, 3.05) is 23.7 Å². The van der Waals surface area contributed by atoms with Crippen molar-refractivity contribution >= 4 is 17.9 Å². The van der Waals surface area contributed by atoms with Gasteiger partial charge >= 0.3 is 5.97 Å². The Morgan fingerprint density at radius 1 is 1.71 bits per heavy atom. The van der Waals surface area contributed by atoms with Crippen LogP contribution < -0.4 is 10.6 Å². The van der Waals surface area contributed by atoms with Gasteiger partial charge in [0, 0.05) is 13.1 Å². The number of anilines is 2. The van der Waals surface area contributed by atoms with Crippen molar-refractivity contribution in [3.8, 4) is 0 Å². The Balaban J connectivity index is 2.05. The van der Waals surface area contributed by atoms with E-state index < -0.39 is 5.97 Å². The van der Waals surface area contributed by atoms with E-state index >= 15 is 0 Å². The number of hydrogen-bond acceptors (Lipinski definition) is 5. The van der Waals surface area contributed by atoms with Crippen LogP contribution in [0.1, 0.15) is 6.42 Å². The minimum Gasteiger partial charge on any atom is -0.481 e. The molecule has 1 aliphatic heterocycles. The second kappa shape index (κ2) is 3.17. The molecule has 4 N–H and O–H groups in total. The van der Waals surface area contributed by atoms with Crippen molar-refractivity contribution in [2.24, 2.45) is 5.92 Å². The van der Waals surface area contributed by atoms with Crippen LogP contribution in [0.2, 0.25) is 0 Å². The molecule has 7 nitrogen and oxygen atoms in total. The molecule has 1 aromatic heterocycles. The van der Waals surface area contributed by atoms with Gasteiger partial charge in [0.2, 0.25) is 11.9 Å². The molecule has 2 heterocycles. The normalized spacial score (nSPS) is 21.4. The van der Waals surface area contributed by atoms with Crippen molar-refractivity contribution in [1.82, 2.24) is 15.2 Å². The third-order valence-corrected chi connectivity index (χ3v) is 2.31. The van der Waals surface area contributed by atoms with Gasteiger partial charge in [-0.2, -0.15) is 4.98 Å². The van der Waals surface area contributed by atoms with Gasteiger partial charge in [-0.1, -0.05) is 0 Å². The summed E-state index contributed by atoms with van der Waals surface area (Å²) < 4.78 is 0. The van der Waals surface area contributed by atoms with Gasteiger partial charge in [0.05, 0.1) is 5.92 Å². The summed E-state index contributed by atoms with van der Waals surface area (Å²) in [7, 11) is 0. The zero-order valence-corrected chi connectivity index (χ0v) is 7.47. The molecule has 0 bridgehead atoms. The zero-order chi connectivity index (χ0) is 10.1.